The van der Waals surface area contributed by atoms with Crippen LogP contribution in [-0.4, -0.2) is 83.8 Å². The summed E-state index contributed by atoms with van der Waals surface area (Å²) in [5, 5.41) is 18.0. The fourth-order valence-electron chi connectivity index (χ4n) is 2.15. The Bertz CT molecular complexity index is 777. The number of rotatable bonds is 10. The molecule has 0 aromatic carbocycles. The molecule has 0 saturated heterocycles. The quantitative estimate of drug-likeness (QED) is 0.225. The second-order valence-electron chi connectivity index (χ2n) is 8.29. The van der Waals surface area contributed by atoms with Gasteiger partial charge in [0, 0.05) is 0 Å². The first-order valence-corrected chi connectivity index (χ1v) is 9.85. The Balaban J connectivity index is 6.14. The first-order valence-electron chi connectivity index (χ1n) is 9.85. The molecule has 0 saturated carbocycles. The number of alkyl halides is 12. The van der Waals surface area contributed by atoms with Crippen molar-refractivity contribution in [3.63, 3.8) is 0 Å². The van der Waals surface area contributed by atoms with Crippen molar-refractivity contribution in [1.29, 1.82) is 0 Å². The Labute approximate surface area is 204 Å². The Morgan fingerprint density at radius 1 is 0.632 bits per heavy atom. The molecule has 0 heterocycles. The van der Waals surface area contributed by atoms with E-state index < -0.39 is 85.0 Å². The predicted octanol–water partition coefficient (Wildman–Crippen LogP) is 3.38. The van der Waals surface area contributed by atoms with Crippen LogP contribution in [0.15, 0.2) is 0 Å². The minimum atomic E-state index is -6.72. The summed E-state index contributed by atoms with van der Waals surface area (Å²) in [6, 6.07) is 0. The fourth-order valence-corrected chi connectivity index (χ4v) is 2.15. The summed E-state index contributed by atoms with van der Waals surface area (Å²) in [5.74, 6) is -8.92. The summed E-state index contributed by atoms with van der Waals surface area (Å²) < 4.78 is 166. The Morgan fingerprint density at radius 3 is 1.13 bits per heavy atom. The molecular weight excluding hydrogens is 572 g/mol. The van der Waals surface area contributed by atoms with Gasteiger partial charge in [-0.25, -0.2) is 9.59 Å². The third-order valence-electron chi connectivity index (χ3n) is 4.91. The highest BCUT2D eigenvalue weighted by molar-refractivity contribution is 5.82. The van der Waals surface area contributed by atoms with E-state index >= 15 is 0 Å². The molecule has 20 heteroatoms. The molecule has 0 bridgehead atoms. The molecule has 0 spiro atoms. The summed E-state index contributed by atoms with van der Waals surface area (Å²) in [5.41, 5.74) is -14.9. The van der Waals surface area contributed by atoms with E-state index in [4.69, 9.17) is 10.2 Å². The Kier molecular flexibility index (Phi) is 10.6. The number of ether oxygens (including phenoxy) is 3. The predicted molar refractivity (Wildman–Crippen MR) is 94.6 cm³/mol. The number of halogens is 12. The van der Waals surface area contributed by atoms with Crippen molar-refractivity contribution in [3.8, 4) is 0 Å². The second-order valence-corrected chi connectivity index (χ2v) is 8.29. The van der Waals surface area contributed by atoms with Crippen LogP contribution in [0, 0.1) is 11.3 Å². The maximum atomic E-state index is 12.8. The molecule has 0 aromatic heterocycles. The third kappa shape index (κ3) is 7.32. The van der Waals surface area contributed by atoms with Gasteiger partial charge in [0.15, 0.2) is 0 Å². The second kappa shape index (κ2) is 11.3. The first kappa shape index (κ1) is 35.5. The maximum absolute atomic E-state index is 12.8. The summed E-state index contributed by atoms with van der Waals surface area (Å²) >= 11 is 0. The zero-order valence-electron chi connectivity index (χ0n) is 19.3. The molecule has 2 N–H and O–H groups in total. The van der Waals surface area contributed by atoms with Gasteiger partial charge in [-0.1, -0.05) is 13.8 Å². The van der Waals surface area contributed by atoms with Crippen LogP contribution in [-0.2, 0) is 28.6 Å². The average molecular weight is 592 g/mol. The standard InChI is InChI=1S/C18H20F12O8/c1-4-8(2)9(31)36-5-12(3,6-37-10(32)13(34,15(19,20)21)16(22,23)24)7-38-11(33)14(35,17(25,26)27)18(28,29)30/h8,34-35H,4-7H2,1-3H3. The van der Waals surface area contributed by atoms with Crippen molar-refractivity contribution >= 4 is 17.9 Å². The van der Waals surface area contributed by atoms with E-state index in [1.54, 1.807) is 0 Å². The highest BCUT2D eigenvalue weighted by Gasteiger charge is 2.78. The normalized spacial score (nSPS) is 15.1. The maximum Gasteiger partial charge on any atom is 0.437 e. The number of esters is 3. The zero-order valence-corrected chi connectivity index (χ0v) is 19.3. The largest absolute Gasteiger partial charge is 0.465 e. The van der Waals surface area contributed by atoms with Crippen LogP contribution in [0.5, 0.6) is 0 Å². The van der Waals surface area contributed by atoms with E-state index in [-0.39, 0.29) is 6.42 Å². The number of aliphatic hydroxyl groups is 2. The van der Waals surface area contributed by atoms with E-state index in [2.05, 4.69) is 14.2 Å². The lowest BCUT2D eigenvalue weighted by atomic mass is 9.93. The van der Waals surface area contributed by atoms with Crippen LogP contribution in [0.3, 0.4) is 0 Å². The van der Waals surface area contributed by atoms with Crippen LogP contribution in [0.2, 0.25) is 0 Å². The molecule has 8 nitrogen and oxygen atoms in total. The van der Waals surface area contributed by atoms with E-state index in [1.165, 1.54) is 13.8 Å². The van der Waals surface area contributed by atoms with Gasteiger partial charge in [0.2, 0.25) is 0 Å². The first-order chi connectivity index (χ1) is 16.6. The Morgan fingerprint density at radius 2 is 0.895 bits per heavy atom. The molecule has 224 valence electrons. The number of carbonyl (C=O) groups excluding carboxylic acids is 3. The lowest BCUT2D eigenvalue weighted by molar-refractivity contribution is -0.357. The summed E-state index contributed by atoms with van der Waals surface area (Å²) in [6.45, 7) is -1.78. The fraction of sp³-hybridized carbons (Fsp3) is 0.833. The summed E-state index contributed by atoms with van der Waals surface area (Å²) in [6.07, 6.45) is -26.8. The van der Waals surface area contributed by atoms with Crippen molar-refractivity contribution in [3.05, 3.63) is 0 Å². The minimum Gasteiger partial charge on any atom is -0.465 e. The van der Waals surface area contributed by atoms with Crippen LogP contribution in [0.4, 0.5) is 52.7 Å². The molecule has 1 atom stereocenters. The number of hydrogen-bond donors (Lipinski definition) is 2. The van der Waals surface area contributed by atoms with Gasteiger partial charge in [0.1, 0.15) is 19.8 Å². The minimum absolute atomic E-state index is 0.0912. The molecule has 0 amide bonds. The Hall–Kier alpha value is -2.51. The average Bonchev–Trinajstić information content (AvgIpc) is 2.74. The lowest BCUT2D eigenvalue weighted by Crippen LogP contribution is -2.63. The molecule has 0 aromatic rings. The molecule has 0 aliphatic rings. The van der Waals surface area contributed by atoms with Crippen molar-refractivity contribution in [2.45, 2.75) is 63.1 Å². The third-order valence-corrected chi connectivity index (χ3v) is 4.91. The molecule has 0 aliphatic heterocycles. The van der Waals surface area contributed by atoms with Gasteiger partial charge < -0.3 is 24.4 Å². The molecule has 38 heavy (non-hydrogen) atoms. The van der Waals surface area contributed by atoms with Crippen molar-refractivity contribution in [2.75, 3.05) is 19.8 Å². The number of carbonyl (C=O) groups is 3. The van der Waals surface area contributed by atoms with Gasteiger partial charge in [-0.15, -0.1) is 0 Å². The van der Waals surface area contributed by atoms with E-state index in [0.717, 1.165) is 0 Å². The van der Waals surface area contributed by atoms with Gasteiger partial charge in [0.25, 0.3) is 0 Å². The van der Waals surface area contributed by atoms with E-state index in [9.17, 15) is 67.1 Å². The van der Waals surface area contributed by atoms with Crippen molar-refractivity contribution in [2.24, 2.45) is 11.3 Å². The summed E-state index contributed by atoms with van der Waals surface area (Å²) in [7, 11) is 0. The van der Waals surface area contributed by atoms with Gasteiger partial charge in [0.05, 0.1) is 11.3 Å². The van der Waals surface area contributed by atoms with Crippen LogP contribution >= 0.6 is 0 Å². The molecule has 0 rings (SSSR count). The molecule has 1 unspecified atom stereocenters. The monoisotopic (exact) mass is 592 g/mol. The van der Waals surface area contributed by atoms with E-state index in [1.807, 2.05) is 0 Å². The molecule has 0 fully saturated rings. The van der Waals surface area contributed by atoms with Crippen molar-refractivity contribution < 1.29 is 91.5 Å². The molecular formula is C18H20F12O8. The van der Waals surface area contributed by atoms with E-state index in [0.29, 0.717) is 6.92 Å². The number of hydrogen-bond acceptors (Lipinski definition) is 8. The van der Waals surface area contributed by atoms with Crippen LogP contribution < -0.4 is 0 Å². The van der Waals surface area contributed by atoms with Crippen LogP contribution in [0.1, 0.15) is 27.2 Å². The van der Waals surface area contributed by atoms with Crippen LogP contribution in [0.25, 0.3) is 0 Å². The lowest BCUT2D eigenvalue weighted by Gasteiger charge is -2.34. The highest BCUT2D eigenvalue weighted by atomic mass is 19.4. The van der Waals surface area contributed by atoms with Gasteiger partial charge in [-0.2, -0.15) is 52.7 Å². The van der Waals surface area contributed by atoms with Crippen molar-refractivity contribution in [1.82, 2.24) is 0 Å². The molecule has 0 radical (unpaired) electrons. The summed E-state index contributed by atoms with van der Waals surface area (Å²) in [4.78, 5) is 35.0. The zero-order chi connectivity index (χ0) is 30.8. The highest BCUT2D eigenvalue weighted by Crippen LogP contribution is 2.45. The SMILES string of the molecule is CCC(C)C(=O)OCC(C)(COC(=O)C(O)(C(F)(F)F)C(F)(F)F)COC(=O)C(O)(C(F)(F)F)C(F)(F)F. The smallest absolute Gasteiger partial charge is 0.437 e. The van der Waals surface area contributed by atoms with Gasteiger partial charge in [-0.3, -0.25) is 4.79 Å². The van der Waals surface area contributed by atoms with Gasteiger partial charge >= 0.3 is 53.8 Å². The topological polar surface area (TPSA) is 119 Å². The van der Waals surface area contributed by atoms with Gasteiger partial charge in [-0.05, 0) is 13.3 Å². The molecule has 0 aliphatic carbocycles.